The maximum atomic E-state index is 14.1. The molecule has 0 N–H and O–H groups in total. The minimum absolute atomic E-state index is 0.148. The summed E-state index contributed by atoms with van der Waals surface area (Å²) in [5, 5.41) is 9.10. The lowest BCUT2D eigenvalue weighted by atomic mass is 10.2. The van der Waals surface area contributed by atoms with E-state index in [1.165, 1.54) is 12.1 Å². The molecule has 0 unspecified atom stereocenters. The predicted octanol–water partition coefficient (Wildman–Crippen LogP) is 4.15. The van der Waals surface area contributed by atoms with Crippen LogP contribution in [0.2, 0.25) is 0 Å². The zero-order valence-corrected chi connectivity index (χ0v) is 12.4. The van der Waals surface area contributed by atoms with E-state index in [0.717, 1.165) is 0 Å². The van der Waals surface area contributed by atoms with Gasteiger partial charge in [-0.05, 0) is 24.3 Å². The minimum atomic E-state index is -0.709. The van der Waals surface area contributed by atoms with Crippen LogP contribution in [0.4, 0.5) is 8.78 Å². The summed E-state index contributed by atoms with van der Waals surface area (Å²) in [4.78, 5) is 4.25. The molecule has 3 rings (SSSR count). The molecule has 0 saturated heterocycles. The molecular weight excluding hydrogens is 340 g/mol. The van der Waals surface area contributed by atoms with Crippen molar-refractivity contribution in [1.29, 1.82) is 5.26 Å². The lowest BCUT2D eigenvalue weighted by Gasteiger charge is -2.06. The molecule has 3 nitrogen and oxygen atoms in total. The van der Waals surface area contributed by atoms with Gasteiger partial charge in [0, 0.05) is 11.5 Å². The Bertz CT molecular complexity index is 886. The third-order valence-corrected chi connectivity index (χ3v) is 3.72. The summed E-state index contributed by atoms with van der Waals surface area (Å²) < 4.78 is 30.1. The largest absolute Gasteiger partial charge is 0.327 e. The number of hydrogen-bond donors (Lipinski definition) is 0. The molecule has 3 aromatic rings. The number of benzene rings is 2. The van der Waals surface area contributed by atoms with E-state index in [2.05, 4.69) is 20.9 Å². The zero-order chi connectivity index (χ0) is 15.1. The Balaban J connectivity index is 2.38. The Hall–Kier alpha value is -2.26. The number of nitrogens with zero attached hydrogens (tertiary/aromatic N) is 3. The summed E-state index contributed by atoms with van der Waals surface area (Å²) in [5.74, 6) is -1.27. The predicted molar refractivity (Wildman–Crippen MR) is 78.5 cm³/mol. The average molecular weight is 348 g/mol. The van der Waals surface area contributed by atoms with Crippen molar-refractivity contribution in [2.24, 2.45) is 7.05 Å². The van der Waals surface area contributed by atoms with Crippen molar-refractivity contribution in [2.45, 2.75) is 0 Å². The monoisotopic (exact) mass is 347 g/mol. The number of aromatic nitrogens is 2. The normalized spacial score (nSPS) is 10.8. The summed E-state index contributed by atoms with van der Waals surface area (Å²) in [6.07, 6.45) is 0. The first-order valence-electron chi connectivity index (χ1n) is 6.03. The molecule has 1 aromatic heterocycles. The van der Waals surface area contributed by atoms with E-state index in [1.54, 1.807) is 29.8 Å². The highest BCUT2D eigenvalue weighted by Gasteiger charge is 2.20. The molecule has 0 atom stereocenters. The van der Waals surface area contributed by atoms with Crippen LogP contribution in [0.5, 0.6) is 0 Å². The molecule has 21 heavy (non-hydrogen) atoms. The van der Waals surface area contributed by atoms with Gasteiger partial charge < -0.3 is 4.57 Å². The van der Waals surface area contributed by atoms with Gasteiger partial charge in [-0.2, -0.15) is 5.26 Å². The fraction of sp³-hybridized carbons (Fsp3) is 0.0667. The molecule has 0 spiro atoms. The van der Waals surface area contributed by atoms with Gasteiger partial charge in [-0.15, -0.1) is 0 Å². The Kier molecular flexibility index (Phi) is 3.22. The fourth-order valence-corrected chi connectivity index (χ4v) is 2.69. The molecule has 104 valence electrons. The van der Waals surface area contributed by atoms with Crippen molar-refractivity contribution in [3.8, 4) is 17.5 Å². The lowest BCUT2D eigenvalue weighted by molar-refractivity contribution is 0.585. The first kappa shape index (κ1) is 13.7. The van der Waals surface area contributed by atoms with E-state index >= 15 is 0 Å². The third kappa shape index (κ3) is 2.10. The van der Waals surface area contributed by atoms with E-state index in [9.17, 15) is 8.78 Å². The average Bonchev–Trinajstić information content (AvgIpc) is 2.75. The number of fused-ring (bicyclic) bond motifs is 1. The Morgan fingerprint density at radius 1 is 1.24 bits per heavy atom. The van der Waals surface area contributed by atoms with Crippen LogP contribution in [0.25, 0.3) is 22.4 Å². The molecular formula is C15H8BrF2N3. The molecule has 0 bridgehead atoms. The van der Waals surface area contributed by atoms with Crippen LogP contribution in [-0.2, 0) is 7.05 Å². The third-order valence-electron chi connectivity index (χ3n) is 3.26. The second-order valence-electron chi connectivity index (χ2n) is 4.52. The van der Waals surface area contributed by atoms with Gasteiger partial charge in [0.25, 0.3) is 0 Å². The molecule has 0 fully saturated rings. The number of imidazole rings is 1. The van der Waals surface area contributed by atoms with Crippen LogP contribution in [-0.4, -0.2) is 9.55 Å². The second kappa shape index (κ2) is 4.93. The molecule has 0 amide bonds. The van der Waals surface area contributed by atoms with Crippen molar-refractivity contribution in [3.63, 3.8) is 0 Å². The number of hydrogen-bond acceptors (Lipinski definition) is 2. The van der Waals surface area contributed by atoms with Crippen molar-refractivity contribution < 1.29 is 8.78 Å². The molecule has 0 aliphatic heterocycles. The van der Waals surface area contributed by atoms with Gasteiger partial charge >= 0.3 is 0 Å². The van der Waals surface area contributed by atoms with Crippen LogP contribution in [0.1, 0.15) is 5.56 Å². The molecule has 0 aliphatic rings. The SMILES string of the molecule is Cn1c(-c2c(F)cc(Br)cc2F)nc2c(C#N)cccc21. The molecule has 2 aromatic carbocycles. The topological polar surface area (TPSA) is 41.6 Å². The highest BCUT2D eigenvalue weighted by Crippen LogP contribution is 2.31. The number of rotatable bonds is 1. The number of para-hydroxylation sites is 1. The van der Waals surface area contributed by atoms with Gasteiger partial charge in [-0.1, -0.05) is 22.0 Å². The second-order valence-corrected chi connectivity index (χ2v) is 5.44. The Morgan fingerprint density at radius 2 is 1.90 bits per heavy atom. The van der Waals surface area contributed by atoms with Gasteiger partial charge in [0.2, 0.25) is 0 Å². The molecule has 0 radical (unpaired) electrons. The lowest BCUT2D eigenvalue weighted by Crippen LogP contribution is -1.98. The van der Waals surface area contributed by atoms with Gasteiger partial charge in [-0.25, -0.2) is 13.8 Å². The maximum absolute atomic E-state index is 14.1. The maximum Gasteiger partial charge on any atom is 0.146 e. The van der Waals surface area contributed by atoms with Gasteiger partial charge in [0.15, 0.2) is 0 Å². The van der Waals surface area contributed by atoms with E-state index in [0.29, 0.717) is 21.1 Å². The van der Waals surface area contributed by atoms with Gasteiger partial charge in [0.05, 0.1) is 16.6 Å². The van der Waals surface area contributed by atoms with Crippen LogP contribution in [0.3, 0.4) is 0 Å². The summed E-state index contributed by atoms with van der Waals surface area (Å²) in [6.45, 7) is 0. The molecule has 0 saturated carbocycles. The number of halogens is 3. The zero-order valence-electron chi connectivity index (χ0n) is 10.9. The van der Waals surface area contributed by atoms with Crippen LogP contribution >= 0.6 is 15.9 Å². The van der Waals surface area contributed by atoms with Crippen LogP contribution in [0, 0.1) is 23.0 Å². The smallest absolute Gasteiger partial charge is 0.146 e. The number of nitriles is 1. The van der Waals surface area contributed by atoms with E-state index in [-0.39, 0.29) is 11.4 Å². The summed E-state index contributed by atoms with van der Waals surface area (Å²) >= 11 is 3.05. The molecule has 6 heteroatoms. The number of aryl methyl sites for hydroxylation is 1. The summed E-state index contributed by atoms with van der Waals surface area (Å²) in [7, 11) is 1.66. The fourth-order valence-electron chi connectivity index (χ4n) is 2.28. The van der Waals surface area contributed by atoms with Crippen LogP contribution < -0.4 is 0 Å². The van der Waals surface area contributed by atoms with Gasteiger partial charge in [-0.3, -0.25) is 0 Å². The highest BCUT2D eigenvalue weighted by molar-refractivity contribution is 9.10. The van der Waals surface area contributed by atoms with Crippen molar-refractivity contribution in [2.75, 3.05) is 0 Å². The van der Waals surface area contributed by atoms with Crippen molar-refractivity contribution in [3.05, 3.63) is 52.0 Å². The highest BCUT2D eigenvalue weighted by atomic mass is 79.9. The van der Waals surface area contributed by atoms with E-state index < -0.39 is 11.6 Å². The standard InChI is InChI=1S/C15H8BrF2N3/c1-21-12-4-2-3-8(7-19)14(12)20-15(21)13-10(17)5-9(16)6-11(13)18/h2-6H,1H3. The van der Waals surface area contributed by atoms with E-state index in [1.807, 2.05) is 6.07 Å². The summed E-state index contributed by atoms with van der Waals surface area (Å²) in [5.41, 5.74) is 1.23. The van der Waals surface area contributed by atoms with Crippen LogP contribution in [0.15, 0.2) is 34.8 Å². The Labute approximate surface area is 127 Å². The first-order valence-corrected chi connectivity index (χ1v) is 6.82. The van der Waals surface area contributed by atoms with E-state index in [4.69, 9.17) is 5.26 Å². The van der Waals surface area contributed by atoms with Gasteiger partial charge in [0.1, 0.15) is 29.0 Å². The van der Waals surface area contributed by atoms with Crippen molar-refractivity contribution >= 4 is 27.0 Å². The first-order chi connectivity index (χ1) is 10.0. The quantitative estimate of drug-likeness (QED) is 0.663. The molecule has 0 aliphatic carbocycles. The van der Waals surface area contributed by atoms with Crippen molar-refractivity contribution in [1.82, 2.24) is 9.55 Å². The Morgan fingerprint density at radius 3 is 2.52 bits per heavy atom. The minimum Gasteiger partial charge on any atom is -0.327 e. The summed E-state index contributed by atoms with van der Waals surface area (Å²) in [6, 6.07) is 9.48. The molecule has 1 heterocycles.